The Hall–Kier alpha value is -0.00506. The fourth-order valence-electron chi connectivity index (χ4n) is 2.09. The van der Waals surface area contributed by atoms with Crippen LogP contribution in [0.15, 0.2) is 0 Å². The van der Waals surface area contributed by atoms with Crippen molar-refractivity contribution in [2.24, 2.45) is 11.3 Å². The van der Waals surface area contributed by atoms with Crippen LogP contribution in [0.2, 0.25) is 0 Å². The molecule has 0 bridgehead atoms. The average molecular weight is 170 g/mol. The predicted molar refractivity (Wildman–Crippen MR) is 53.8 cm³/mol. The molecule has 0 nitrogen and oxygen atoms in total. The monoisotopic (exact) mass is 170 g/mol. The summed E-state index contributed by atoms with van der Waals surface area (Å²) >= 11 is 0. The number of hydrogen-bond acceptors (Lipinski definition) is 0. The third-order valence-electron chi connectivity index (χ3n) is 3.25. The van der Waals surface area contributed by atoms with E-state index in [-0.39, 0.29) is 0 Å². The van der Waals surface area contributed by atoms with Gasteiger partial charge in [-0.25, -0.2) is 0 Å². The molecule has 0 atom stereocenters. The Bertz CT molecular complexity index is 148. The van der Waals surface area contributed by atoms with Crippen LogP contribution in [0.25, 0.3) is 0 Å². The van der Waals surface area contributed by atoms with Gasteiger partial charge < -0.3 is 0 Å². The van der Waals surface area contributed by atoms with E-state index in [1.165, 1.54) is 0 Å². The molecule has 1 aliphatic carbocycles. The van der Waals surface area contributed by atoms with Crippen molar-refractivity contribution < 1.29 is 4.39 Å². The van der Waals surface area contributed by atoms with Crippen molar-refractivity contribution >= 4 is 7.85 Å². The lowest BCUT2D eigenvalue weighted by atomic mass is 9.63. The summed E-state index contributed by atoms with van der Waals surface area (Å²) in [4.78, 5) is 0. The quantitative estimate of drug-likeness (QED) is 0.490. The number of hydrogen-bond donors (Lipinski definition) is 0. The van der Waals surface area contributed by atoms with E-state index in [0.717, 1.165) is 31.6 Å². The van der Waals surface area contributed by atoms with Gasteiger partial charge in [-0.05, 0) is 37.0 Å². The molecule has 12 heavy (non-hydrogen) atoms. The van der Waals surface area contributed by atoms with Gasteiger partial charge in [-0.15, -0.1) is 0 Å². The molecule has 1 rings (SSSR count). The van der Waals surface area contributed by atoms with Gasteiger partial charge in [0.2, 0.25) is 0 Å². The van der Waals surface area contributed by atoms with Crippen LogP contribution in [0.1, 0.15) is 46.5 Å². The summed E-state index contributed by atoms with van der Waals surface area (Å²) in [6.07, 6.45) is 3.65. The predicted octanol–water partition coefficient (Wildman–Crippen LogP) is 2.52. The van der Waals surface area contributed by atoms with Gasteiger partial charge in [0, 0.05) is 0 Å². The Labute approximate surface area is 76.3 Å². The average Bonchev–Trinajstić information content (AvgIpc) is 1.83. The van der Waals surface area contributed by atoms with Gasteiger partial charge in [-0.3, -0.25) is 4.39 Å². The first-order valence-corrected chi connectivity index (χ1v) is 5.00. The fraction of sp³-hybridized carbons (Fsp3) is 1.00. The molecule has 0 aromatic carbocycles. The smallest absolute Gasteiger partial charge is 0.150 e. The Morgan fingerprint density at radius 1 is 1.25 bits per heavy atom. The summed E-state index contributed by atoms with van der Waals surface area (Å²) < 4.78 is 13.4. The highest BCUT2D eigenvalue weighted by molar-refractivity contribution is 6.14. The van der Waals surface area contributed by atoms with Crippen molar-refractivity contribution in [3.05, 3.63) is 0 Å². The van der Waals surface area contributed by atoms with E-state index in [1.54, 1.807) is 7.85 Å². The first-order valence-electron chi connectivity index (χ1n) is 5.00. The summed E-state index contributed by atoms with van der Waals surface area (Å²) in [5.74, 6) is 0.723. The standard InChI is InChI=1S/C10H20BF/c1-9(2,3)8-4-6-10(11,12)7-5-8/h8H,4-7,11H2,1-3H3. The molecule has 0 unspecified atom stereocenters. The number of halogens is 1. The number of alkyl halides is 1. The topological polar surface area (TPSA) is 0 Å². The van der Waals surface area contributed by atoms with Crippen molar-refractivity contribution in [3.63, 3.8) is 0 Å². The summed E-state index contributed by atoms with van der Waals surface area (Å²) in [7, 11) is 1.74. The molecule has 1 saturated carbocycles. The van der Waals surface area contributed by atoms with Crippen LogP contribution in [-0.4, -0.2) is 13.4 Å². The summed E-state index contributed by atoms with van der Waals surface area (Å²) in [6, 6.07) is 0. The lowest BCUT2D eigenvalue weighted by molar-refractivity contribution is 0.105. The highest BCUT2D eigenvalue weighted by Crippen LogP contribution is 2.41. The van der Waals surface area contributed by atoms with Gasteiger partial charge in [0.05, 0.1) is 5.57 Å². The van der Waals surface area contributed by atoms with E-state index in [2.05, 4.69) is 20.8 Å². The van der Waals surface area contributed by atoms with Gasteiger partial charge in [0.25, 0.3) is 0 Å². The van der Waals surface area contributed by atoms with Crippen LogP contribution < -0.4 is 0 Å². The van der Waals surface area contributed by atoms with Crippen LogP contribution in [-0.2, 0) is 0 Å². The van der Waals surface area contributed by atoms with Gasteiger partial charge >= 0.3 is 0 Å². The first kappa shape index (κ1) is 10.1. The maximum absolute atomic E-state index is 13.4. The zero-order valence-electron chi connectivity index (χ0n) is 8.78. The summed E-state index contributed by atoms with van der Waals surface area (Å²) in [5.41, 5.74) is -0.502. The zero-order chi connectivity index (χ0) is 9.41. The van der Waals surface area contributed by atoms with Gasteiger partial charge in [-0.1, -0.05) is 20.8 Å². The molecule has 0 aromatic rings. The Kier molecular flexibility index (Phi) is 2.56. The molecule has 1 fully saturated rings. The molecule has 0 amide bonds. The maximum atomic E-state index is 13.4. The SMILES string of the molecule is BC1(F)CCC(C(C)(C)C)CC1. The fourth-order valence-corrected chi connectivity index (χ4v) is 2.09. The molecule has 2 heteroatoms. The molecule has 0 heterocycles. The summed E-state index contributed by atoms with van der Waals surface area (Å²) in [5, 5.41) is 0. The van der Waals surface area contributed by atoms with E-state index < -0.39 is 5.57 Å². The van der Waals surface area contributed by atoms with E-state index in [1.807, 2.05) is 0 Å². The second-order valence-corrected chi connectivity index (χ2v) is 5.55. The van der Waals surface area contributed by atoms with Gasteiger partial charge in [-0.2, -0.15) is 0 Å². The second kappa shape index (κ2) is 3.04. The normalized spacial score (nSPS) is 38.2. The lowest BCUT2D eigenvalue weighted by Gasteiger charge is -2.38. The molecule has 0 aromatic heterocycles. The second-order valence-electron chi connectivity index (χ2n) is 5.55. The Morgan fingerprint density at radius 3 is 2.00 bits per heavy atom. The molecule has 1 aliphatic rings. The maximum Gasteiger partial charge on any atom is 0.150 e. The van der Waals surface area contributed by atoms with E-state index in [0.29, 0.717) is 5.41 Å². The molecule has 0 spiro atoms. The Morgan fingerprint density at radius 2 is 1.67 bits per heavy atom. The van der Waals surface area contributed by atoms with Crippen LogP contribution in [0.3, 0.4) is 0 Å². The minimum atomic E-state index is -0.873. The lowest BCUT2D eigenvalue weighted by Crippen LogP contribution is -2.34. The van der Waals surface area contributed by atoms with Gasteiger partial charge in [0.15, 0.2) is 0 Å². The molecular formula is C10H20BF. The Balaban J connectivity index is 2.47. The first-order chi connectivity index (χ1) is 5.31. The van der Waals surface area contributed by atoms with Crippen LogP contribution in [0, 0.1) is 11.3 Å². The summed E-state index contributed by atoms with van der Waals surface area (Å²) in [6.45, 7) is 6.79. The minimum Gasteiger partial charge on any atom is -0.254 e. The third kappa shape index (κ3) is 2.50. The van der Waals surface area contributed by atoms with E-state index in [4.69, 9.17) is 0 Å². The molecule has 0 N–H and O–H groups in total. The van der Waals surface area contributed by atoms with Crippen LogP contribution in [0.4, 0.5) is 4.39 Å². The van der Waals surface area contributed by atoms with Crippen molar-refractivity contribution in [3.8, 4) is 0 Å². The molecule has 0 aliphatic heterocycles. The highest BCUT2D eigenvalue weighted by atomic mass is 19.1. The molecular weight excluding hydrogens is 150 g/mol. The van der Waals surface area contributed by atoms with Gasteiger partial charge in [0.1, 0.15) is 7.85 Å². The van der Waals surface area contributed by atoms with Crippen molar-refractivity contribution in [2.45, 2.75) is 52.0 Å². The van der Waals surface area contributed by atoms with E-state index >= 15 is 0 Å². The van der Waals surface area contributed by atoms with E-state index in [9.17, 15) is 4.39 Å². The highest BCUT2D eigenvalue weighted by Gasteiger charge is 2.35. The van der Waals surface area contributed by atoms with Crippen molar-refractivity contribution in [1.29, 1.82) is 0 Å². The van der Waals surface area contributed by atoms with Crippen molar-refractivity contribution in [1.82, 2.24) is 0 Å². The minimum absolute atomic E-state index is 0.372. The molecule has 0 radical (unpaired) electrons. The largest absolute Gasteiger partial charge is 0.254 e. The zero-order valence-corrected chi connectivity index (χ0v) is 8.78. The number of rotatable bonds is 0. The molecule has 70 valence electrons. The third-order valence-corrected chi connectivity index (χ3v) is 3.25. The van der Waals surface area contributed by atoms with Crippen LogP contribution >= 0.6 is 0 Å². The molecule has 0 saturated heterocycles. The van der Waals surface area contributed by atoms with Crippen LogP contribution in [0.5, 0.6) is 0 Å². The van der Waals surface area contributed by atoms with Crippen molar-refractivity contribution in [2.75, 3.05) is 0 Å².